The van der Waals surface area contributed by atoms with Gasteiger partial charge in [-0.05, 0) is 25.7 Å². The van der Waals surface area contributed by atoms with E-state index in [1.165, 1.54) is 0 Å². The standard InChI is InChI=1S/C15H28N2O3/c1-7-20-8-11(6)17-13(10(4)5)14(18)16-12(9(2)3)15(17)19/h9-13H,7-8H2,1-6H3,(H,16,18). The minimum Gasteiger partial charge on any atom is -0.380 e. The van der Waals surface area contributed by atoms with E-state index in [0.717, 1.165) is 0 Å². The Bertz CT molecular complexity index is 355. The zero-order chi connectivity index (χ0) is 15.4. The second kappa shape index (κ2) is 7.07. The SMILES string of the molecule is CCOCC(C)N1C(=O)C(C(C)C)NC(=O)C1C(C)C. The van der Waals surface area contributed by atoms with Crippen molar-refractivity contribution < 1.29 is 14.3 Å². The van der Waals surface area contributed by atoms with Crippen LogP contribution in [0.3, 0.4) is 0 Å². The average Bonchev–Trinajstić information content (AvgIpc) is 2.36. The fourth-order valence-electron chi connectivity index (χ4n) is 2.66. The Morgan fingerprint density at radius 3 is 2.20 bits per heavy atom. The van der Waals surface area contributed by atoms with Gasteiger partial charge in [0.2, 0.25) is 11.8 Å². The van der Waals surface area contributed by atoms with E-state index in [1.807, 2.05) is 41.5 Å². The number of amides is 2. The van der Waals surface area contributed by atoms with Crippen LogP contribution in [0.15, 0.2) is 0 Å². The predicted octanol–water partition coefficient (Wildman–Crippen LogP) is 1.42. The lowest BCUT2D eigenvalue weighted by Gasteiger charge is -2.44. The summed E-state index contributed by atoms with van der Waals surface area (Å²) in [6, 6.07) is -0.934. The van der Waals surface area contributed by atoms with E-state index in [-0.39, 0.29) is 29.7 Å². The van der Waals surface area contributed by atoms with Crippen molar-refractivity contribution in [2.45, 2.75) is 59.7 Å². The highest BCUT2D eigenvalue weighted by atomic mass is 16.5. The third-order valence-corrected chi connectivity index (χ3v) is 3.72. The molecule has 1 aliphatic rings. The van der Waals surface area contributed by atoms with Gasteiger partial charge in [0, 0.05) is 6.61 Å². The molecule has 1 N–H and O–H groups in total. The van der Waals surface area contributed by atoms with Gasteiger partial charge >= 0.3 is 0 Å². The van der Waals surface area contributed by atoms with Crippen LogP contribution in [0.25, 0.3) is 0 Å². The molecule has 20 heavy (non-hydrogen) atoms. The summed E-state index contributed by atoms with van der Waals surface area (Å²) in [7, 11) is 0. The van der Waals surface area contributed by atoms with Crippen molar-refractivity contribution in [3.63, 3.8) is 0 Å². The van der Waals surface area contributed by atoms with Gasteiger partial charge in [-0.15, -0.1) is 0 Å². The van der Waals surface area contributed by atoms with Crippen LogP contribution in [0.4, 0.5) is 0 Å². The maximum atomic E-state index is 12.7. The molecule has 5 heteroatoms. The highest BCUT2D eigenvalue weighted by Crippen LogP contribution is 2.23. The molecule has 0 aromatic rings. The first-order chi connectivity index (χ1) is 9.31. The van der Waals surface area contributed by atoms with Crippen LogP contribution in [-0.4, -0.2) is 48.1 Å². The Morgan fingerprint density at radius 1 is 1.15 bits per heavy atom. The summed E-state index contributed by atoms with van der Waals surface area (Å²) in [6.07, 6.45) is 0. The minimum atomic E-state index is -0.429. The van der Waals surface area contributed by atoms with E-state index in [2.05, 4.69) is 5.32 Å². The Hall–Kier alpha value is -1.10. The molecule has 0 saturated carbocycles. The lowest BCUT2D eigenvalue weighted by atomic mass is 9.91. The lowest BCUT2D eigenvalue weighted by Crippen LogP contribution is -2.68. The molecule has 1 fully saturated rings. The maximum Gasteiger partial charge on any atom is 0.246 e. The van der Waals surface area contributed by atoms with Crippen LogP contribution >= 0.6 is 0 Å². The number of carbonyl (C=O) groups is 2. The molecule has 1 rings (SSSR count). The summed E-state index contributed by atoms with van der Waals surface area (Å²) in [5.41, 5.74) is 0. The van der Waals surface area contributed by atoms with Crippen molar-refractivity contribution in [2.24, 2.45) is 11.8 Å². The molecule has 0 aliphatic carbocycles. The Morgan fingerprint density at radius 2 is 1.75 bits per heavy atom. The van der Waals surface area contributed by atoms with Crippen molar-refractivity contribution in [1.82, 2.24) is 10.2 Å². The third kappa shape index (κ3) is 3.51. The van der Waals surface area contributed by atoms with E-state index >= 15 is 0 Å². The molecule has 1 heterocycles. The summed E-state index contributed by atoms with van der Waals surface area (Å²) in [4.78, 5) is 26.8. The summed E-state index contributed by atoms with van der Waals surface area (Å²) in [6.45, 7) is 12.8. The van der Waals surface area contributed by atoms with E-state index in [0.29, 0.717) is 13.2 Å². The Kier molecular flexibility index (Phi) is 5.99. The summed E-state index contributed by atoms with van der Waals surface area (Å²) in [5.74, 6) is 0.115. The summed E-state index contributed by atoms with van der Waals surface area (Å²) in [5, 5.41) is 2.87. The lowest BCUT2D eigenvalue weighted by molar-refractivity contribution is -0.156. The van der Waals surface area contributed by atoms with Crippen LogP contribution in [0.1, 0.15) is 41.5 Å². The van der Waals surface area contributed by atoms with Crippen molar-refractivity contribution in [3.05, 3.63) is 0 Å². The molecule has 3 unspecified atom stereocenters. The van der Waals surface area contributed by atoms with Gasteiger partial charge in [-0.25, -0.2) is 0 Å². The molecule has 5 nitrogen and oxygen atoms in total. The van der Waals surface area contributed by atoms with Crippen molar-refractivity contribution in [1.29, 1.82) is 0 Å². The molecule has 0 aromatic carbocycles. The first-order valence-electron chi connectivity index (χ1n) is 7.51. The number of carbonyl (C=O) groups excluding carboxylic acids is 2. The fraction of sp³-hybridized carbons (Fsp3) is 0.867. The van der Waals surface area contributed by atoms with Crippen LogP contribution in [0.5, 0.6) is 0 Å². The molecule has 1 saturated heterocycles. The number of nitrogens with zero attached hydrogens (tertiary/aromatic N) is 1. The van der Waals surface area contributed by atoms with E-state index in [9.17, 15) is 9.59 Å². The number of hydrogen-bond donors (Lipinski definition) is 1. The molecular formula is C15H28N2O3. The first kappa shape index (κ1) is 17.0. The summed E-state index contributed by atoms with van der Waals surface area (Å²) >= 11 is 0. The molecule has 3 atom stereocenters. The fourth-order valence-corrected chi connectivity index (χ4v) is 2.66. The monoisotopic (exact) mass is 284 g/mol. The summed E-state index contributed by atoms with van der Waals surface area (Å²) < 4.78 is 5.43. The highest BCUT2D eigenvalue weighted by molar-refractivity contribution is 5.97. The molecule has 0 radical (unpaired) electrons. The topological polar surface area (TPSA) is 58.6 Å². The zero-order valence-corrected chi connectivity index (χ0v) is 13.5. The van der Waals surface area contributed by atoms with Crippen molar-refractivity contribution >= 4 is 11.8 Å². The largest absolute Gasteiger partial charge is 0.380 e. The number of hydrogen-bond acceptors (Lipinski definition) is 3. The quantitative estimate of drug-likeness (QED) is 0.802. The van der Waals surface area contributed by atoms with Crippen molar-refractivity contribution in [3.8, 4) is 0 Å². The predicted molar refractivity (Wildman–Crippen MR) is 78.2 cm³/mol. The zero-order valence-electron chi connectivity index (χ0n) is 13.5. The number of rotatable bonds is 6. The van der Waals surface area contributed by atoms with Crippen LogP contribution in [0, 0.1) is 11.8 Å². The Labute approximate surface area is 122 Å². The number of piperazine rings is 1. The second-order valence-corrected chi connectivity index (χ2v) is 6.17. The first-order valence-corrected chi connectivity index (χ1v) is 7.51. The molecular weight excluding hydrogens is 256 g/mol. The van der Waals surface area contributed by atoms with E-state index in [4.69, 9.17) is 4.74 Å². The molecule has 116 valence electrons. The molecule has 2 amide bonds. The highest BCUT2D eigenvalue weighted by Gasteiger charge is 2.44. The average molecular weight is 284 g/mol. The van der Waals surface area contributed by atoms with Crippen LogP contribution in [0.2, 0.25) is 0 Å². The van der Waals surface area contributed by atoms with Gasteiger partial charge in [0.25, 0.3) is 0 Å². The van der Waals surface area contributed by atoms with Crippen LogP contribution < -0.4 is 5.32 Å². The molecule has 0 spiro atoms. The number of ether oxygens (including phenoxy) is 1. The molecule has 0 bridgehead atoms. The van der Waals surface area contributed by atoms with E-state index < -0.39 is 12.1 Å². The van der Waals surface area contributed by atoms with Gasteiger partial charge in [0.1, 0.15) is 12.1 Å². The maximum absolute atomic E-state index is 12.7. The van der Waals surface area contributed by atoms with E-state index in [1.54, 1.807) is 4.90 Å². The van der Waals surface area contributed by atoms with Gasteiger partial charge in [0.05, 0.1) is 12.6 Å². The Balaban J connectivity index is 3.01. The minimum absolute atomic E-state index is 0.00510. The van der Waals surface area contributed by atoms with Gasteiger partial charge in [-0.2, -0.15) is 0 Å². The third-order valence-electron chi connectivity index (χ3n) is 3.72. The van der Waals surface area contributed by atoms with Crippen LogP contribution in [-0.2, 0) is 14.3 Å². The van der Waals surface area contributed by atoms with Gasteiger partial charge in [0.15, 0.2) is 0 Å². The molecule has 1 aliphatic heterocycles. The molecule has 0 aromatic heterocycles. The van der Waals surface area contributed by atoms with Gasteiger partial charge in [-0.1, -0.05) is 27.7 Å². The van der Waals surface area contributed by atoms with Gasteiger partial charge in [-0.3, -0.25) is 9.59 Å². The van der Waals surface area contributed by atoms with Gasteiger partial charge < -0.3 is 15.0 Å². The smallest absolute Gasteiger partial charge is 0.246 e. The number of nitrogens with one attached hydrogen (secondary N) is 1. The van der Waals surface area contributed by atoms with Crippen molar-refractivity contribution in [2.75, 3.05) is 13.2 Å². The normalized spacial score (nSPS) is 25.3. The second-order valence-electron chi connectivity index (χ2n) is 6.17.